The van der Waals surface area contributed by atoms with E-state index in [0.29, 0.717) is 28.2 Å². The van der Waals surface area contributed by atoms with Crippen LogP contribution in [0, 0.1) is 18.7 Å². The molecular weight excluding hydrogens is 369 g/mol. The van der Waals surface area contributed by atoms with E-state index >= 15 is 0 Å². The first-order valence-electron chi connectivity index (χ1n) is 9.45. The number of aryl methyl sites for hydroxylation is 1. The van der Waals surface area contributed by atoms with Crippen LogP contribution in [0.25, 0.3) is 11.1 Å². The number of carbonyl (C=O) groups is 2. The maximum Gasteiger partial charge on any atom is 0.255 e. The summed E-state index contributed by atoms with van der Waals surface area (Å²) in [7, 11) is 0. The molecule has 29 heavy (non-hydrogen) atoms. The predicted octanol–water partition coefficient (Wildman–Crippen LogP) is 4.80. The second-order valence-electron chi connectivity index (χ2n) is 7.13. The van der Waals surface area contributed by atoms with Crippen LogP contribution in [0.15, 0.2) is 60.8 Å². The standard InChI is InChI=1S/C23H20FN3O2/c1-14-20(7-4-10-25-14)26-23(29)17-11-16(12-18(24)13-17)19-5-2-3-6-21(19)27-22(28)15-8-9-15/h2-7,10-13,15H,8-9H2,1H3,(H,26,29)(H,27,28). The molecule has 0 bridgehead atoms. The molecule has 0 aliphatic heterocycles. The zero-order chi connectivity index (χ0) is 20.4. The lowest BCUT2D eigenvalue weighted by Crippen LogP contribution is -2.15. The van der Waals surface area contributed by atoms with Gasteiger partial charge in [0.2, 0.25) is 5.91 Å². The zero-order valence-corrected chi connectivity index (χ0v) is 15.9. The van der Waals surface area contributed by atoms with Crippen molar-refractivity contribution in [3.63, 3.8) is 0 Å². The number of carbonyl (C=O) groups excluding carboxylic acids is 2. The van der Waals surface area contributed by atoms with Crippen molar-refractivity contribution in [2.45, 2.75) is 19.8 Å². The van der Waals surface area contributed by atoms with Crippen molar-refractivity contribution in [2.75, 3.05) is 10.6 Å². The number of benzene rings is 2. The minimum atomic E-state index is -0.529. The van der Waals surface area contributed by atoms with Gasteiger partial charge in [0.15, 0.2) is 0 Å². The molecule has 3 aromatic rings. The van der Waals surface area contributed by atoms with E-state index in [0.717, 1.165) is 12.8 Å². The smallest absolute Gasteiger partial charge is 0.255 e. The number of para-hydroxylation sites is 1. The van der Waals surface area contributed by atoms with E-state index in [2.05, 4.69) is 15.6 Å². The second kappa shape index (κ2) is 7.83. The summed E-state index contributed by atoms with van der Waals surface area (Å²) in [5, 5.41) is 5.68. The van der Waals surface area contributed by atoms with Crippen LogP contribution in [-0.2, 0) is 4.79 Å². The Hall–Kier alpha value is -3.54. The molecule has 2 N–H and O–H groups in total. The Bertz CT molecular complexity index is 1090. The minimum absolute atomic E-state index is 0.0288. The van der Waals surface area contributed by atoms with Gasteiger partial charge in [-0.3, -0.25) is 14.6 Å². The Kier molecular flexibility index (Phi) is 5.08. The van der Waals surface area contributed by atoms with Gasteiger partial charge in [-0.15, -0.1) is 0 Å². The molecule has 1 aliphatic carbocycles. The van der Waals surface area contributed by atoms with Gasteiger partial charge in [0, 0.05) is 28.9 Å². The number of aromatic nitrogens is 1. The van der Waals surface area contributed by atoms with Crippen molar-refractivity contribution < 1.29 is 14.0 Å². The highest BCUT2D eigenvalue weighted by atomic mass is 19.1. The highest BCUT2D eigenvalue weighted by molar-refractivity contribution is 6.05. The van der Waals surface area contributed by atoms with Crippen LogP contribution >= 0.6 is 0 Å². The SMILES string of the molecule is Cc1ncccc1NC(=O)c1cc(F)cc(-c2ccccc2NC(=O)C2CC2)c1. The Balaban J connectivity index is 1.64. The van der Waals surface area contributed by atoms with E-state index in [1.165, 1.54) is 12.1 Å². The average molecular weight is 389 g/mol. The molecular formula is C23H20FN3O2. The molecule has 1 heterocycles. The zero-order valence-electron chi connectivity index (χ0n) is 15.9. The van der Waals surface area contributed by atoms with Crippen molar-refractivity contribution in [1.29, 1.82) is 0 Å². The van der Waals surface area contributed by atoms with Crippen molar-refractivity contribution in [3.05, 3.63) is 77.9 Å². The summed E-state index contributed by atoms with van der Waals surface area (Å²) in [6, 6.07) is 14.8. The van der Waals surface area contributed by atoms with E-state index in [-0.39, 0.29) is 17.4 Å². The number of amides is 2. The summed E-state index contributed by atoms with van der Waals surface area (Å²) in [5.41, 5.74) is 3.21. The van der Waals surface area contributed by atoms with Gasteiger partial charge in [-0.25, -0.2) is 4.39 Å². The molecule has 1 saturated carbocycles. The Morgan fingerprint density at radius 1 is 1.00 bits per heavy atom. The molecule has 1 fully saturated rings. The maximum atomic E-state index is 14.3. The molecule has 0 radical (unpaired) electrons. The van der Waals surface area contributed by atoms with Crippen LogP contribution < -0.4 is 10.6 Å². The van der Waals surface area contributed by atoms with Gasteiger partial charge < -0.3 is 10.6 Å². The highest BCUT2D eigenvalue weighted by Crippen LogP contribution is 2.33. The molecule has 5 nitrogen and oxygen atoms in total. The lowest BCUT2D eigenvalue weighted by atomic mass is 10.0. The lowest BCUT2D eigenvalue weighted by molar-refractivity contribution is -0.117. The lowest BCUT2D eigenvalue weighted by Gasteiger charge is -2.13. The summed E-state index contributed by atoms with van der Waals surface area (Å²) < 4.78 is 14.3. The summed E-state index contributed by atoms with van der Waals surface area (Å²) >= 11 is 0. The molecule has 2 amide bonds. The number of pyridine rings is 1. The van der Waals surface area contributed by atoms with Gasteiger partial charge in [0.25, 0.3) is 5.91 Å². The number of nitrogens with one attached hydrogen (secondary N) is 2. The number of rotatable bonds is 5. The molecule has 0 spiro atoms. The van der Waals surface area contributed by atoms with Gasteiger partial charge in [0.05, 0.1) is 11.4 Å². The molecule has 0 unspecified atom stereocenters. The van der Waals surface area contributed by atoms with E-state index in [4.69, 9.17) is 0 Å². The topological polar surface area (TPSA) is 71.1 Å². The number of anilines is 2. The summed E-state index contributed by atoms with van der Waals surface area (Å²) in [6.45, 7) is 1.78. The quantitative estimate of drug-likeness (QED) is 0.659. The third-order valence-corrected chi connectivity index (χ3v) is 4.86. The first-order valence-corrected chi connectivity index (χ1v) is 9.45. The van der Waals surface area contributed by atoms with E-state index in [1.54, 1.807) is 43.5 Å². The van der Waals surface area contributed by atoms with Crippen molar-refractivity contribution in [3.8, 4) is 11.1 Å². The molecule has 2 aromatic carbocycles. The summed E-state index contributed by atoms with van der Waals surface area (Å²) in [5.74, 6) is -0.932. The molecule has 0 atom stereocenters. The van der Waals surface area contributed by atoms with Crippen LogP contribution in [0.2, 0.25) is 0 Å². The molecule has 6 heteroatoms. The van der Waals surface area contributed by atoms with Gasteiger partial charge >= 0.3 is 0 Å². The van der Waals surface area contributed by atoms with E-state index < -0.39 is 11.7 Å². The summed E-state index contributed by atoms with van der Waals surface area (Å²) in [4.78, 5) is 29.0. The van der Waals surface area contributed by atoms with Gasteiger partial charge in [0.1, 0.15) is 5.82 Å². The number of halogens is 1. The molecule has 1 aliphatic rings. The molecule has 0 saturated heterocycles. The van der Waals surface area contributed by atoms with Gasteiger partial charge in [-0.2, -0.15) is 0 Å². The van der Waals surface area contributed by atoms with Crippen LogP contribution in [0.1, 0.15) is 28.9 Å². The average Bonchev–Trinajstić information content (AvgIpc) is 3.55. The number of nitrogens with zero attached hydrogens (tertiary/aromatic N) is 1. The molecule has 4 rings (SSSR count). The van der Waals surface area contributed by atoms with Crippen LogP contribution in [0.3, 0.4) is 0 Å². The largest absolute Gasteiger partial charge is 0.325 e. The van der Waals surface area contributed by atoms with Crippen molar-refractivity contribution in [2.24, 2.45) is 5.92 Å². The molecule has 1 aromatic heterocycles. The number of hydrogen-bond acceptors (Lipinski definition) is 3. The highest BCUT2D eigenvalue weighted by Gasteiger charge is 2.30. The third kappa shape index (κ3) is 4.32. The van der Waals surface area contributed by atoms with Crippen molar-refractivity contribution >= 4 is 23.2 Å². The van der Waals surface area contributed by atoms with Crippen LogP contribution in [0.5, 0.6) is 0 Å². The molecule has 146 valence electrons. The fourth-order valence-electron chi connectivity index (χ4n) is 3.11. The third-order valence-electron chi connectivity index (χ3n) is 4.86. The fraction of sp³-hybridized carbons (Fsp3) is 0.174. The van der Waals surface area contributed by atoms with E-state index in [9.17, 15) is 14.0 Å². The van der Waals surface area contributed by atoms with E-state index in [1.807, 2.05) is 12.1 Å². The Morgan fingerprint density at radius 2 is 1.76 bits per heavy atom. The monoisotopic (exact) mass is 389 g/mol. The fourth-order valence-corrected chi connectivity index (χ4v) is 3.11. The van der Waals surface area contributed by atoms with Crippen molar-refractivity contribution in [1.82, 2.24) is 4.98 Å². The first-order chi connectivity index (χ1) is 14.0. The van der Waals surface area contributed by atoms with Gasteiger partial charge in [-0.1, -0.05) is 18.2 Å². The first kappa shape index (κ1) is 18.8. The van der Waals surface area contributed by atoms with Crippen LogP contribution in [-0.4, -0.2) is 16.8 Å². The predicted molar refractivity (Wildman–Crippen MR) is 110 cm³/mol. The Morgan fingerprint density at radius 3 is 2.52 bits per heavy atom. The normalized spacial score (nSPS) is 13.0. The Labute approximate surface area is 168 Å². The summed E-state index contributed by atoms with van der Waals surface area (Å²) in [6.07, 6.45) is 3.43. The maximum absolute atomic E-state index is 14.3. The second-order valence-corrected chi connectivity index (χ2v) is 7.13. The van der Waals surface area contributed by atoms with Gasteiger partial charge in [-0.05, 0) is 61.7 Å². The van der Waals surface area contributed by atoms with Crippen LogP contribution in [0.4, 0.5) is 15.8 Å². The number of hydrogen-bond donors (Lipinski definition) is 2. The minimum Gasteiger partial charge on any atom is -0.325 e.